The average Bonchev–Trinajstić information content (AvgIpc) is 3.65. The second-order valence-corrected chi connectivity index (χ2v) is 12.9. The number of nitrogens with one attached hydrogen (secondary N) is 1. The molecule has 0 bridgehead atoms. The topological polar surface area (TPSA) is 75.6 Å². The number of esters is 1. The van der Waals surface area contributed by atoms with Crippen molar-refractivity contribution >= 4 is 35.1 Å². The SMILES string of the molecule is CC(=O)Oc1cccc([C@@]23CC[N@+](C)(CC4CC4)CC2(O)CC[C@H](NC(=O)Cc2ccc(Cl)c(Cl)c2)C3)c1. The molecule has 0 radical (unpaired) electrons. The Labute approximate surface area is 234 Å². The number of aliphatic hydroxyl groups is 1. The van der Waals surface area contributed by atoms with E-state index in [0.717, 1.165) is 41.0 Å². The third kappa shape index (κ3) is 5.74. The Morgan fingerprint density at radius 2 is 1.89 bits per heavy atom. The van der Waals surface area contributed by atoms with Gasteiger partial charge in [-0.3, -0.25) is 9.59 Å². The van der Waals surface area contributed by atoms with Gasteiger partial charge in [0.2, 0.25) is 5.91 Å². The van der Waals surface area contributed by atoms with Crippen LogP contribution in [0.15, 0.2) is 42.5 Å². The van der Waals surface area contributed by atoms with Gasteiger partial charge in [0.15, 0.2) is 0 Å². The third-order valence-electron chi connectivity index (χ3n) is 8.87. The predicted molar refractivity (Wildman–Crippen MR) is 148 cm³/mol. The first kappa shape index (κ1) is 27.4. The minimum atomic E-state index is -0.922. The summed E-state index contributed by atoms with van der Waals surface area (Å²) in [5.41, 5.74) is 0.303. The number of ether oxygens (including phenoxy) is 1. The Kier molecular flexibility index (Phi) is 7.55. The number of piperidine rings is 1. The van der Waals surface area contributed by atoms with E-state index in [1.54, 1.807) is 18.2 Å². The van der Waals surface area contributed by atoms with Crippen LogP contribution in [0.4, 0.5) is 0 Å². The van der Waals surface area contributed by atoms with Crippen LogP contribution in [0.1, 0.15) is 56.6 Å². The largest absolute Gasteiger partial charge is 0.427 e. The maximum Gasteiger partial charge on any atom is 0.308 e. The zero-order chi connectivity index (χ0) is 27.1. The fourth-order valence-corrected chi connectivity index (χ4v) is 7.29. The van der Waals surface area contributed by atoms with Crippen molar-refractivity contribution in [2.24, 2.45) is 5.92 Å². The molecule has 2 aliphatic carbocycles. The number of hydrogen-bond acceptors (Lipinski definition) is 4. The number of hydrogen-bond donors (Lipinski definition) is 2. The molecule has 1 heterocycles. The molecule has 2 saturated carbocycles. The van der Waals surface area contributed by atoms with Gasteiger partial charge in [0.25, 0.3) is 0 Å². The number of benzene rings is 2. The van der Waals surface area contributed by atoms with Crippen LogP contribution in [-0.2, 0) is 21.4 Å². The van der Waals surface area contributed by atoms with Gasteiger partial charge in [0, 0.05) is 30.7 Å². The van der Waals surface area contributed by atoms with Crippen LogP contribution in [-0.4, -0.2) is 59.8 Å². The zero-order valence-electron chi connectivity index (χ0n) is 22.1. The number of fused-ring (bicyclic) bond motifs is 1. The molecule has 4 atom stereocenters. The molecule has 2 N–H and O–H groups in total. The first-order chi connectivity index (χ1) is 18.0. The minimum absolute atomic E-state index is 0.0761. The van der Waals surface area contributed by atoms with Crippen molar-refractivity contribution in [3.63, 3.8) is 0 Å². The van der Waals surface area contributed by atoms with Crippen molar-refractivity contribution in [2.45, 2.75) is 68.9 Å². The van der Waals surface area contributed by atoms with Gasteiger partial charge < -0.3 is 19.6 Å². The van der Waals surface area contributed by atoms with E-state index >= 15 is 0 Å². The molecule has 38 heavy (non-hydrogen) atoms. The maximum absolute atomic E-state index is 13.1. The molecule has 1 unspecified atom stereocenters. The molecule has 3 fully saturated rings. The highest BCUT2D eigenvalue weighted by Gasteiger charge is 2.62. The summed E-state index contributed by atoms with van der Waals surface area (Å²) in [6, 6.07) is 12.8. The molecule has 0 aromatic heterocycles. The summed E-state index contributed by atoms with van der Waals surface area (Å²) in [5, 5.41) is 16.6. The van der Waals surface area contributed by atoms with Gasteiger partial charge in [-0.25, -0.2) is 0 Å². The van der Waals surface area contributed by atoms with Crippen molar-refractivity contribution in [3.8, 4) is 5.75 Å². The van der Waals surface area contributed by atoms with Crippen molar-refractivity contribution in [1.29, 1.82) is 0 Å². The number of amides is 1. The number of likely N-dealkylation sites (tertiary alicyclic amines) is 1. The highest BCUT2D eigenvalue weighted by atomic mass is 35.5. The summed E-state index contributed by atoms with van der Waals surface area (Å²) < 4.78 is 6.29. The van der Waals surface area contributed by atoms with E-state index < -0.39 is 11.0 Å². The molecular weight excluding hydrogens is 523 g/mol. The average molecular weight is 561 g/mol. The Bertz CT molecular complexity index is 1230. The maximum atomic E-state index is 13.1. The standard InChI is InChI=1S/C30H36Cl2N2O4/c1-20(35)38-25-5-3-4-23(16-25)29-12-13-34(2,18-21-6-7-21)19-30(29,37)11-10-24(17-29)33-28(36)15-22-8-9-26(31)27(32)14-22/h3-5,8-9,14,16,21,24,37H,6-7,10-13,15,17-19H2,1-2H3/p+1/t24-,29-,30?,34+/m0/s1. The summed E-state index contributed by atoms with van der Waals surface area (Å²) in [7, 11) is 2.28. The van der Waals surface area contributed by atoms with Crippen molar-refractivity contribution < 1.29 is 23.9 Å². The molecule has 8 heteroatoms. The first-order valence-corrected chi connectivity index (χ1v) is 14.3. The van der Waals surface area contributed by atoms with Gasteiger partial charge in [-0.2, -0.15) is 0 Å². The monoisotopic (exact) mass is 559 g/mol. The summed E-state index contributed by atoms with van der Waals surface area (Å²) in [6.45, 7) is 4.14. The van der Waals surface area contributed by atoms with Crippen LogP contribution >= 0.6 is 23.2 Å². The number of rotatable bonds is 7. The van der Waals surface area contributed by atoms with Gasteiger partial charge in [-0.05, 0) is 67.5 Å². The molecule has 2 aromatic carbocycles. The molecule has 204 valence electrons. The number of nitrogens with zero attached hydrogens (tertiary/aromatic N) is 1. The van der Waals surface area contributed by atoms with Gasteiger partial charge in [-0.1, -0.05) is 41.4 Å². The lowest BCUT2D eigenvalue weighted by atomic mass is 9.55. The van der Waals surface area contributed by atoms with E-state index in [9.17, 15) is 14.7 Å². The van der Waals surface area contributed by atoms with Gasteiger partial charge >= 0.3 is 5.97 Å². The van der Waals surface area contributed by atoms with Crippen LogP contribution in [0.25, 0.3) is 0 Å². The number of likely N-dealkylation sites (N-methyl/N-ethyl adjacent to an activating group) is 1. The van der Waals surface area contributed by atoms with E-state index in [0.29, 0.717) is 41.6 Å². The Balaban J connectivity index is 1.40. The first-order valence-electron chi connectivity index (χ1n) is 13.6. The number of carbonyl (C=O) groups excluding carboxylic acids is 2. The lowest BCUT2D eigenvalue weighted by molar-refractivity contribution is -0.925. The van der Waals surface area contributed by atoms with Gasteiger partial charge in [-0.15, -0.1) is 0 Å². The molecular formula is C30H37Cl2N2O4+. The fourth-order valence-electron chi connectivity index (χ4n) is 6.97. The minimum Gasteiger partial charge on any atom is -0.427 e. The molecule has 1 amide bonds. The summed E-state index contributed by atoms with van der Waals surface area (Å²) in [6.07, 6.45) is 5.52. The van der Waals surface area contributed by atoms with E-state index in [4.69, 9.17) is 27.9 Å². The van der Waals surface area contributed by atoms with E-state index in [1.165, 1.54) is 19.8 Å². The molecule has 1 saturated heterocycles. The summed E-state index contributed by atoms with van der Waals surface area (Å²) >= 11 is 12.2. The lowest BCUT2D eigenvalue weighted by Gasteiger charge is -2.59. The smallest absolute Gasteiger partial charge is 0.308 e. The highest BCUT2D eigenvalue weighted by Crippen LogP contribution is 2.53. The molecule has 3 aliphatic rings. The van der Waals surface area contributed by atoms with Crippen molar-refractivity contribution in [1.82, 2.24) is 5.32 Å². The lowest BCUT2D eigenvalue weighted by Crippen LogP contribution is -2.71. The predicted octanol–water partition coefficient (Wildman–Crippen LogP) is 5.06. The van der Waals surface area contributed by atoms with Crippen LogP contribution in [0.3, 0.4) is 0 Å². The fraction of sp³-hybridized carbons (Fsp3) is 0.533. The van der Waals surface area contributed by atoms with Crippen LogP contribution in [0.2, 0.25) is 10.0 Å². The van der Waals surface area contributed by atoms with Crippen LogP contribution in [0.5, 0.6) is 5.75 Å². The number of halogens is 2. The van der Waals surface area contributed by atoms with E-state index in [1.807, 2.05) is 24.3 Å². The Morgan fingerprint density at radius 1 is 1.11 bits per heavy atom. The number of quaternary nitrogens is 1. The second-order valence-electron chi connectivity index (χ2n) is 12.0. The molecule has 0 spiro atoms. The molecule has 6 nitrogen and oxygen atoms in total. The quantitative estimate of drug-likeness (QED) is 0.282. The second kappa shape index (κ2) is 10.5. The van der Waals surface area contributed by atoms with Crippen molar-refractivity contribution in [3.05, 3.63) is 63.6 Å². The molecule has 5 rings (SSSR count). The summed E-state index contributed by atoms with van der Waals surface area (Å²) in [4.78, 5) is 24.7. The van der Waals surface area contributed by atoms with Crippen LogP contribution in [0, 0.1) is 5.92 Å². The van der Waals surface area contributed by atoms with Crippen LogP contribution < -0.4 is 10.1 Å². The van der Waals surface area contributed by atoms with Crippen molar-refractivity contribution in [2.75, 3.05) is 26.7 Å². The van der Waals surface area contributed by atoms with Gasteiger partial charge in [0.1, 0.15) is 17.9 Å². The highest BCUT2D eigenvalue weighted by molar-refractivity contribution is 6.42. The third-order valence-corrected chi connectivity index (χ3v) is 9.61. The Hall–Kier alpha value is -2.12. The number of carbonyl (C=O) groups is 2. The van der Waals surface area contributed by atoms with E-state index in [2.05, 4.69) is 12.4 Å². The molecule has 1 aliphatic heterocycles. The normalized spacial score (nSPS) is 30.8. The van der Waals surface area contributed by atoms with Gasteiger partial charge in [0.05, 0.1) is 36.6 Å². The Morgan fingerprint density at radius 3 is 2.61 bits per heavy atom. The zero-order valence-corrected chi connectivity index (χ0v) is 23.7. The molecule has 2 aromatic rings. The summed E-state index contributed by atoms with van der Waals surface area (Å²) in [5.74, 6) is 0.801. The van der Waals surface area contributed by atoms with E-state index in [-0.39, 0.29) is 24.3 Å².